The zero-order valence-corrected chi connectivity index (χ0v) is 9.91. The summed E-state index contributed by atoms with van der Waals surface area (Å²) in [4.78, 5) is 10.6. The van der Waals surface area contributed by atoms with Crippen LogP contribution in [0.15, 0.2) is 22.7 Å². The van der Waals surface area contributed by atoms with Gasteiger partial charge in [0.15, 0.2) is 0 Å². The Hall–Kier alpha value is -1.03. The minimum atomic E-state index is -0.712. The number of aliphatic carboxylic acids is 1. The fourth-order valence-electron chi connectivity index (χ4n) is 1.56. The number of rotatable bonds is 3. The normalized spacial score (nSPS) is 23.6. The van der Waals surface area contributed by atoms with E-state index in [0.29, 0.717) is 0 Å². The lowest BCUT2D eigenvalue weighted by molar-refractivity contribution is -0.138. The molecule has 0 radical (unpaired) electrons. The number of nitrogens with one attached hydrogen (secondary N) is 1. The Labute approximate surface area is 96.6 Å². The van der Waals surface area contributed by atoms with Crippen LogP contribution in [-0.2, 0) is 4.79 Å². The summed E-state index contributed by atoms with van der Waals surface area (Å²) in [5, 5.41) is 12.0. The van der Waals surface area contributed by atoms with E-state index < -0.39 is 5.97 Å². The number of halogens is 1. The monoisotopic (exact) mass is 269 g/mol. The molecule has 2 unspecified atom stereocenters. The van der Waals surface area contributed by atoms with Crippen molar-refractivity contribution in [3.8, 4) is 0 Å². The van der Waals surface area contributed by atoms with Crippen molar-refractivity contribution in [1.82, 2.24) is 0 Å². The predicted molar refractivity (Wildman–Crippen MR) is 62.0 cm³/mol. The van der Waals surface area contributed by atoms with Gasteiger partial charge in [-0.2, -0.15) is 0 Å². The molecule has 3 nitrogen and oxygen atoms in total. The molecule has 4 heteroatoms. The third kappa shape index (κ3) is 2.31. The minimum Gasteiger partial charge on any atom is -0.481 e. The van der Waals surface area contributed by atoms with Crippen LogP contribution in [0.1, 0.15) is 12.0 Å². The molecule has 1 saturated carbocycles. The smallest absolute Gasteiger partial charge is 0.308 e. The molecule has 2 N–H and O–H groups in total. The maximum Gasteiger partial charge on any atom is 0.308 e. The van der Waals surface area contributed by atoms with Gasteiger partial charge in [-0.25, -0.2) is 0 Å². The van der Waals surface area contributed by atoms with Gasteiger partial charge in [-0.15, -0.1) is 0 Å². The highest BCUT2D eigenvalue weighted by atomic mass is 79.9. The molecule has 1 aromatic rings. The minimum absolute atomic E-state index is 0.0847. The lowest BCUT2D eigenvalue weighted by Gasteiger charge is -2.07. The number of carbonyl (C=O) groups is 1. The Bertz CT molecular complexity index is 406. The molecule has 1 aromatic carbocycles. The van der Waals surface area contributed by atoms with E-state index in [2.05, 4.69) is 21.2 Å². The topological polar surface area (TPSA) is 49.3 Å². The van der Waals surface area contributed by atoms with Gasteiger partial charge in [0.05, 0.1) is 5.92 Å². The summed E-state index contributed by atoms with van der Waals surface area (Å²) >= 11 is 3.45. The van der Waals surface area contributed by atoms with E-state index in [0.717, 1.165) is 16.6 Å². The third-order valence-corrected chi connectivity index (χ3v) is 3.23. The van der Waals surface area contributed by atoms with Gasteiger partial charge in [-0.05, 0) is 47.0 Å². The first-order valence-electron chi connectivity index (χ1n) is 4.83. The molecule has 80 valence electrons. The average Bonchev–Trinajstić information content (AvgIpc) is 2.89. The van der Waals surface area contributed by atoms with Gasteiger partial charge in [0.2, 0.25) is 0 Å². The fourth-order valence-corrected chi connectivity index (χ4v) is 2.17. The summed E-state index contributed by atoms with van der Waals surface area (Å²) in [6.45, 7) is 2.02. The Morgan fingerprint density at radius 1 is 1.60 bits per heavy atom. The summed E-state index contributed by atoms with van der Waals surface area (Å²) in [5.74, 6) is -0.936. The van der Waals surface area contributed by atoms with E-state index in [-0.39, 0.29) is 12.0 Å². The Morgan fingerprint density at radius 2 is 2.33 bits per heavy atom. The van der Waals surface area contributed by atoms with Crippen molar-refractivity contribution >= 4 is 27.6 Å². The van der Waals surface area contributed by atoms with Gasteiger partial charge >= 0.3 is 5.97 Å². The molecule has 1 aliphatic rings. The molecule has 0 bridgehead atoms. The van der Waals surface area contributed by atoms with E-state index >= 15 is 0 Å². The first-order valence-corrected chi connectivity index (χ1v) is 5.62. The quantitative estimate of drug-likeness (QED) is 0.887. The lowest BCUT2D eigenvalue weighted by Crippen LogP contribution is -2.10. The highest BCUT2D eigenvalue weighted by Crippen LogP contribution is 2.35. The van der Waals surface area contributed by atoms with Gasteiger partial charge in [0.25, 0.3) is 0 Å². The maximum atomic E-state index is 10.6. The van der Waals surface area contributed by atoms with Crippen molar-refractivity contribution in [2.45, 2.75) is 19.4 Å². The summed E-state index contributed by atoms with van der Waals surface area (Å²) < 4.78 is 0.985. The van der Waals surface area contributed by atoms with Crippen LogP contribution in [-0.4, -0.2) is 17.1 Å². The molecule has 0 amide bonds. The van der Waals surface area contributed by atoms with E-state index in [1.807, 2.05) is 25.1 Å². The first kappa shape index (κ1) is 10.5. The van der Waals surface area contributed by atoms with Gasteiger partial charge in [0, 0.05) is 16.2 Å². The molecule has 0 heterocycles. The van der Waals surface area contributed by atoms with Crippen LogP contribution in [0, 0.1) is 12.8 Å². The van der Waals surface area contributed by atoms with Crippen LogP contribution >= 0.6 is 15.9 Å². The van der Waals surface area contributed by atoms with E-state index in [1.165, 1.54) is 5.56 Å². The number of benzene rings is 1. The van der Waals surface area contributed by atoms with Crippen molar-refractivity contribution in [3.63, 3.8) is 0 Å². The first-order chi connectivity index (χ1) is 7.08. The van der Waals surface area contributed by atoms with Crippen LogP contribution in [0.2, 0.25) is 0 Å². The predicted octanol–water partition coefficient (Wildman–Crippen LogP) is 2.64. The number of aryl methyl sites for hydroxylation is 1. The summed E-state index contributed by atoms with van der Waals surface area (Å²) in [6.07, 6.45) is 0.718. The third-order valence-electron chi connectivity index (χ3n) is 2.57. The van der Waals surface area contributed by atoms with E-state index in [9.17, 15) is 4.79 Å². The van der Waals surface area contributed by atoms with Crippen LogP contribution in [0.4, 0.5) is 5.69 Å². The SMILES string of the molecule is Cc1ccc(NC2CC2C(=O)O)c(Br)c1. The highest BCUT2D eigenvalue weighted by Gasteiger charge is 2.43. The van der Waals surface area contributed by atoms with E-state index in [4.69, 9.17) is 5.11 Å². The molecule has 15 heavy (non-hydrogen) atoms. The second kappa shape index (κ2) is 3.85. The molecule has 2 rings (SSSR count). The number of hydrogen-bond acceptors (Lipinski definition) is 2. The lowest BCUT2D eigenvalue weighted by atomic mass is 10.2. The number of anilines is 1. The molecule has 0 aromatic heterocycles. The van der Waals surface area contributed by atoms with Crippen LogP contribution in [0.25, 0.3) is 0 Å². The highest BCUT2D eigenvalue weighted by molar-refractivity contribution is 9.10. The Kier molecular flexibility index (Phi) is 2.69. The zero-order chi connectivity index (χ0) is 11.0. The van der Waals surface area contributed by atoms with Gasteiger partial charge in [-0.3, -0.25) is 4.79 Å². The number of carboxylic acid groups (broad SMARTS) is 1. The second-order valence-electron chi connectivity index (χ2n) is 3.91. The van der Waals surface area contributed by atoms with Gasteiger partial charge in [-0.1, -0.05) is 6.07 Å². The Morgan fingerprint density at radius 3 is 2.87 bits per heavy atom. The van der Waals surface area contributed by atoms with Gasteiger partial charge < -0.3 is 10.4 Å². The van der Waals surface area contributed by atoms with Crippen LogP contribution in [0.5, 0.6) is 0 Å². The largest absolute Gasteiger partial charge is 0.481 e. The molecule has 0 aliphatic heterocycles. The standard InChI is InChI=1S/C11H12BrNO2/c1-6-2-3-9(8(12)4-6)13-10-5-7(10)11(14)15/h2-4,7,10,13H,5H2,1H3,(H,14,15). The maximum absolute atomic E-state index is 10.6. The second-order valence-corrected chi connectivity index (χ2v) is 4.77. The van der Waals surface area contributed by atoms with Crippen molar-refractivity contribution in [2.75, 3.05) is 5.32 Å². The fraction of sp³-hybridized carbons (Fsp3) is 0.364. The van der Waals surface area contributed by atoms with Crippen LogP contribution < -0.4 is 5.32 Å². The van der Waals surface area contributed by atoms with Crippen molar-refractivity contribution in [1.29, 1.82) is 0 Å². The molecule has 1 fully saturated rings. The summed E-state index contributed by atoms with van der Waals surface area (Å²) in [7, 11) is 0. The van der Waals surface area contributed by atoms with Crippen LogP contribution in [0.3, 0.4) is 0 Å². The molecule has 1 aliphatic carbocycles. The van der Waals surface area contributed by atoms with Crippen molar-refractivity contribution in [3.05, 3.63) is 28.2 Å². The molecule has 0 saturated heterocycles. The zero-order valence-electron chi connectivity index (χ0n) is 8.33. The van der Waals surface area contributed by atoms with Crippen molar-refractivity contribution < 1.29 is 9.90 Å². The number of hydrogen-bond donors (Lipinski definition) is 2. The van der Waals surface area contributed by atoms with E-state index in [1.54, 1.807) is 0 Å². The molecule has 2 atom stereocenters. The van der Waals surface area contributed by atoms with Crippen molar-refractivity contribution in [2.24, 2.45) is 5.92 Å². The molecular formula is C11H12BrNO2. The van der Waals surface area contributed by atoms with Gasteiger partial charge in [0.1, 0.15) is 0 Å². The molecular weight excluding hydrogens is 258 g/mol. The average molecular weight is 270 g/mol. The summed E-state index contributed by atoms with van der Waals surface area (Å²) in [6, 6.07) is 6.07. The summed E-state index contributed by atoms with van der Waals surface area (Å²) in [5.41, 5.74) is 2.15. The Balaban J connectivity index is 2.04. The number of carboxylic acids is 1. The molecule has 0 spiro atoms.